The Bertz CT molecular complexity index is 857. The van der Waals surface area contributed by atoms with Crippen molar-refractivity contribution in [3.63, 3.8) is 0 Å². The van der Waals surface area contributed by atoms with E-state index in [2.05, 4.69) is 15.0 Å². The van der Waals surface area contributed by atoms with Crippen LogP contribution < -0.4 is 16.1 Å². The van der Waals surface area contributed by atoms with E-state index in [9.17, 15) is 14.0 Å². The Kier molecular flexibility index (Phi) is 5.77. The van der Waals surface area contributed by atoms with E-state index in [-0.39, 0.29) is 11.5 Å². The fraction of sp³-hybridized carbons (Fsp3) is 0.529. The Labute approximate surface area is 150 Å². The molecule has 0 aliphatic carbocycles. The smallest absolute Gasteiger partial charge is 0.347 e. The van der Waals surface area contributed by atoms with Gasteiger partial charge in [0.05, 0.1) is 0 Å². The van der Waals surface area contributed by atoms with Crippen LogP contribution in [0.2, 0.25) is 0 Å². The summed E-state index contributed by atoms with van der Waals surface area (Å²) in [6, 6.07) is 3.03. The number of piperazine rings is 1. The van der Waals surface area contributed by atoms with Gasteiger partial charge in [-0.1, -0.05) is 0 Å². The summed E-state index contributed by atoms with van der Waals surface area (Å²) in [5.41, 5.74) is -0.781. The van der Waals surface area contributed by atoms with Gasteiger partial charge in [-0.2, -0.15) is 5.10 Å². The minimum Gasteiger partial charge on any atom is -0.352 e. The largest absolute Gasteiger partial charge is 0.352 e. The highest BCUT2D eigenvalue weighted by Crippen LogP contribution is 2.17. The number of hydrogen-bond acceptors (Lipinski definition) is 6. The number of pyridine rings is 1. The van der Waals surface area contributed by atoms with Crippen LogP contribution in [0.1, 0.15) is 12.8 Å². The molecule has 0 bridgehead atoms. The first kappa shape index (κ1) is 18.2. The van der Waals surface area contributed by atoms with Crippen molar-refractivity contribution < 1.29 is 4.39 Å². The number of aromatic nitrogens is 4. The molecule has 0 radical (unpaired) electrons. The van der Waals surface area contributed by atoms with Gasteiger partial charge in [0.15, 0.2) is 11.6 Å². The van der Waals surface area contributed by atoms with Crippen LogP contribution in [0.25, 0.3) is 0 Å². The standard InChI is InChI=1S/C17H23FN6O2/c1-21-15(25)13-20-24(17(21)26)8-3-2-7-22-9-11-23(12-10-22)16-14(18)5-4-6-19-16/h4-6,13H,2-3,7-12H2,1H3/i18-1. The van der Waals surface area contributed by atoms with Crippen LogP contribution in [0, 0.1) is 5.82 Å². The summed E-state index contributed by atoms with van der Waals surface area (Å²) in [6.07, 6.45) is 4.51. The molecule has 0 unspecified atom stereocenters. The Balaban J connectivity index is 1.42. The second-order valence-corrected chi connectivity index (χ2v) is 6.39. The van der Waals surface area contributed by atoms with Gasteiger partial charge in [-0.15, -0.1) is 0 Å². The first-order valence-electron chi connectivity index (χ1n) is 8.77. The van der Waals surface area contributed by atoms with Crippen molar-refractivity contribution in [3.8, 4) is 0 Å². The third-order valence-corrected chi connectivity index (χ3v) is 4.65. The van der Waals surface area contributed by atoms with Crippen molar-refractivity contribution in [2.45, 2.75) is 19.4 Å². The van der Waals surface area contributed by atoms with Gasteiger partial charge in [-0.25, -0.2) is 18.9 Å². The zero-order valence-electron chi connectivity index (χ0n) is 14.8. The molecule has 1 saturated heterocycles. The minimum atomic E-state index is -0.395. The maximum absolute atomic E-state index is 13.8. The lowest BCUT2D eigenvalue weighted by atomic mass is 10.2. The van der Waals surface area contributed by atoms with E-state index < -0.39 is 5.56 Å². The summed E-state index contributed by atoms with van der Waals surface area (Å²) in [4.78, 5) is 31.6. The monoisotopic (exact) mass is 361 g/mol. The quantitative estimate of drug-likeness (QED) is 0.678. The topological polar surface area (TPSA) is 76.3 Å². The Morgan fingerprint density at radius 3 is 2.58 bits per heavy atom. The summed E-state index contributed by atoms with van der Waals surface area (Å²) in [5, 5.41) is 3.88. The SMILES string of the molecule is Cn1c(=O)cnn(CCCCN2CCN(c3ncccc3[18F])CC2)c1=O. The second-order valence-electron chi connectivity index (χ2n) is 6.39. The second kappa shape index (κ2) is 8.22. The molecule has 3 heterocycles. The van der Waals surface area contributed by atoms with Crippen molar-refractivity contribution in [1.29, 1.82) is 0 Å². The van der Waals surface area contributed by atoms with Gasteiger partial charge in [-0.05, 0) is 31.5 Å². The van der Waals surface area contributed by atoms with Crippen LogP contribution in [-0.4, -0.2) is 57.0 Å². The summed E-state index contributed by atoms with van der Waals surface area (Å²) in [7, 11) is 1.45. The van der Waals surface area contributed by atoms with E-state index >= 15 is 0 Å². The molecule has 3 rings (SSSR count). The molecule has 1 aliphatic rings. The average molecular weight is 361 g/mol. The first-order valence-corrected chi connectivity index (χ1v) is 8.77. The molecule has 0 atom stereocenters. The third-order valence-electron chi connectivity index (χ3n) is 4.65. The number of unbranched alkanes of at least 4 members (excludes halogenated alkanes) is 1. The highest BCUT2D eigenvalue weighted by atomic mass is 18.2. The van der Waals surface area contributed by atoms with Crippen LogP contribution in [-0.2, 0) is 13.6 Å². The van der Waals surface area contributed by atoms with E-state index in [1.54, 1.807) is 12.3 Å². The van der Waals surface area contributed by atoms with E-state index in [1.807, 2.05) is 4.90 Å². The molecule has 1 fully saturated rings. The van der Waals surface area contributed by atoms with Crippen LogP contribution in [0.5, 0.6) is 0 Å². The molecule has 0 spiro atoms. The molecule has 0 amide bonds. The lowest BCUT2D eigenvalue weighted by Crippen LogP contribution is -2.47. The van der Waals surface area contributed by atoms with E-state index in [4.69, 9.17) is 0 Å². The molecule has 26 heavy (non-hydrogen) atoms. The number of hydrogen-bond donors (Lipinski definition) is 0. The number of halogens is 1. The minimum absolute atomic E-state index is 0.281. The maximum Gasteiger partial charge on any atom is 0.347 e. The highest BCUT2D eigenvalue weighted by Gasteiger charge is 2.19. The molecule has 1 aliphatic heterocycles. The average Bonchev–Trinajstić information content (AvgIpc) is 2.66. The summed E-state index contributed by atoms with van der Waals surface area (Å²) in [6.45, 7) is 4.61. The molecule has 9 heteroatoms. The summed E-state index contributed by atoms with van der Waals surface area (Å²) >= 11 is 0. The third kappa shape index (κ3) is 4.16. The van der Waals surface area contributed by atoms with Crippen molar-refractivity contribution in [3.05, 3.63) is 51.2 Å². The van der Waals surface area contributed by atoms with Gasteiger partial charge in [0.2, 0.25) is 0 Å². The van der Waals surface area contributed by atoms with Gasteiger partial charge in [0.25, 0.3) is 5.56 Å². The van der Waals surface area contributed by atoms with Gasteiger partial charge >= 0.3 is 5.69 Å². The van der Waals surface area contributed by atoms with Crippen LogP contribution in [0.3, 0.4) is 0 Å². The van der Waals surface area contributed by atoms with Crippen molar-refractivity contribution in [1.82, 2.24) is 24.2 Å². The summed E-state index contributed by atoms with van der Waals surface area (Å²) in [5.74, 6) is 0.142. The Morgan fingerprint density at radius 1 is 1.12 bits per heavy atom. The van der Waals surface area contributed by atoms with Gasteiger partial charge in [0, 0.05) is 46.0 Å². The summed E-state index contributed by atoms with van der Waals surface area (Å²) < 4.78 is 16.2. The predicted molar refractivity (Wildman–Crippen MR) is 95.8 cm³/mol. The van der Waals surface area contributed by atoms with Gasteiger partial charge < -0.3 is 4.90 Å². The lowest BCUT2D eigenvalue weighted by Gasteiger charge is -2.35. The molecule has 0 aromatic carbocycles. The first-order chi connectivity index (χ1) is 12.6. The number of rotatable bonds is 6. The molecule has 8 nitrogen and oxygen atoms in total. The zero-order valence-corrected chi connectivity index (χ0v) is 14.8. The molecular formula is C17H23FN6O2. The molecule has 2 aromatic rings. The maximum atomic E-state index is 13.8. The highest BCUT2D eigenvalue weighted by molar-refractivity contribution is 5.40. The molecule has 140 valence electrons. The van der Waals surface area contributed by atoms with Crippen LogP contribution in [0.4, 0.5) is 10.2 Å². The van der Waals surface area contributed by atoms with Crippen molar-refractivity contribution in [2.75, 3.05) is 37.6 Å². The molecule has 2 aromatic heterocycles. The number of nitrogens with zero attached hydrogens (tertiary/aromatic N) is 6. The molecule has 0 N–H and O–H groups in total. The fourth-order valence-electron chi connectivity index (χ4n) is 3.07. The molecular weight excluding hydrogens is 338 g/mol. The Hall–Kier alpha value is -2.55. The van der Waals surface area contributed by atoms with Crippen LogP contribution in [0.15, 0.2) is 34.1 Å². The van der Waals surface area contributed by atoms with Crippen molar-refractivity contribution in [2.24, 2.45) is 7.05 Å². The lowest BCUT2D eigenvalue weighted by molar-refractivity contribution is 0.249. The van der Waals surface area contributed by atoms with Gasteiger partial charge in [0.1, 0.15) is 6.20 Å². The number of anilines is 1. The zero-order chi connectivity index (χ0) is 18.5. The van der Waals surface area contributed by atoms with E-state index in [0.29, 0.717) is 12.4 Å². The van der Waals surface area contributed by atoms with E-state index in [1.165, 1.54) is 17.8 Å². The predicted octanol–water partition coefficient (Wildman–Crippen LogP) is 0.0785. The van der Waals surface area contributed by atoms with E-state index in [0.717, 1.165) is 56.3 Å². The normalized spacial score (nSPS) is 15.4. The number of aryl methyl sites for hydroxylation is 1. The van der Waals surface area contributed by atoms with Gasteiger partial charge in [-0.3, -0.25) is 14.3 Å². The molecule has 0 saturated carbocycles. The fourth-order valence-corrected chi connectivity index (χ4v) is 3.07. The van der Waals surface area contributed by atoms with Crippen LogP contribution >= 0.6 is 0 Å². The van der Waals surface area contributed by atoms with Crippen molar-refractivity contribution >= 4 is 5.82 Å². The Morgan fingerprint density at radius 2 is 1.85 bits per heavy atom.